The highest BCUT2D eigenvalue weighted by atomic mass is 16.5. The van der Waals surface area contributed by atoms with Crippen molar-refractivity contribution in [3.05, 3.63) is 59.4 Å². The Morgan fingerprint density at radius 3 is 2.68 bits per heavy atom. The summed E-state index contributed by atoms with van der Waals surface area (Å²) < 4.78 is 11.3. The van der Waals surface area contributed by atoms with Gasteiger partial charge in [-0.1, -0.05) is 43.3 Å². The predicted octanol–water partition coefficient (Wildman–Crippen LogP) is 2.32. The molecular formula is C21H22N2O5. The fraction of sp³-hybridized carbons (Fsp3) is 0.381. The minimum Gasteiger partial charge on any atom is -0.470 e. The zero-order chi connectivity index (χ0) is 20.1. The zero-order valence-electron chi connectivity index (χ0n) is 16.0. The minimum atomic E-state index is -2.19. The summed E-state index contributed by atoms with van der Waals surface area (Å²) in [6, 6.07) is 8.90. The second-order valence-electron chi connectivity index (χ2n) is 7.80. The van der Waals surface area contributed by atoms with E-state index in [2.05, 4.69) is 5.16 Å². The minimum absolute atomic E-state index is 0.00599. The van der Waals surface area contributed by atoms with Gasteiger partial charge in [-0.05, 0) is 37.3 Å². The first-order valence-electron chi connectivity index (χ1n) is 9.11. The molecule has 28 heavy (non-hydrogen) atoms. The molecule has 1 aromatic carbocycles. The maximum atomic E-state index is 13.3. The van der Waals surface area contributed by atoms with Crippen LogP contribution in [0, 0.1) is 5.41 Å². The van der Waals surface area contributed by atoms with Crippen molar-refractivity contribution in [2.24, 2.45) is 5.41 Å². The molecule has 1 aromatic heterocycles. The molecule has 1 heterocycles. The average molecular weight is 382 g/mol. The highest BCUT2D eigenvalue weighted by Gasteiger charge is 2.67. The average Bonchev–Trinajstić information content (AvgIpc) is 3.07. The third-order valence-electron chi connectivity index (χ3n) is 5.82. The van der Waals surface area contributed by atoms with Crippen LogP contribution in [-0.2, 0) is 11.4 Å². The monoisotopic (exact) mass is 382 g/mol. The van der Waals surface area contributed by atoms with Gasteiger partial charge in [0.15, 0.2) is 17.1 Å². The van der Waals surface area contributed by atoms with Crippen molar-refractivity contribution < 1.29 is 24.0 Å². The lowest BCUT2D eigenvalue weighted by Crippen LogP contribution is -2.65. The molecule has 2 aromatic rings. The summed E-state index contributed by atoms with van der Waals surface area (Å²) in [5, 5.41) is 15.3. The van der Waals surface area contributed by atoms with E-state index in [1.165, 1.54) is 6.08 Å². The summed E-state index contributed by atoms with van der Waals surface area (Å²) in [5.41, 5.74) is -2.34. The van der Waals surface area contributed by atoms with Crippen molar-refractivity contribution in [1.82, 2.24) is 10.1 Å². The lowest BCUT2D eigenvalue weighted by molar-refractivity contribution is -0.149. The maximum Gasteiger partial charge on any atom is 0.265 e. The molecule has 4 rings (SSSR count). The van der Waals surface area contributed by atoms with Crippen LogP contribution in [0.25, 0.3) is 0 Å². The number of carbonyl (C=O) groups excluding carboxylic acids is 2. The molecule has 1 N–H and O–H groups in total. The van der Waals surface area contributed by atoms with Crippen molar-refractivity contribution in [3.8, 4) is 5.88 Å². The van der Waals surface area contributed by atoms with Crippen molar-refractivity contribution in [2.75, 3.05) is 14.1 Å². The van der Waals surface area contributed by atoms with Crippen LogP contribution in [0.5, 0.6) is 5.88 Å². The first kappa shape index (κ1) is 18.6. The Balaban J connectivity index is 1.80. The van der Waals surface area contributed by atoms with Crippen molar-refractivity contribution >= 4 is 11.6 Å². The van der Waals surface area contributed by atoms with Gasteiger partial charge in [0, 0.05) is 5.41 Å². The maximum absolute atomic E-state index is 13.3. The van der Waals surface area contributed by atoms with E-state index >= 15 is 0 Å². The van der Waals surface area contributed by atoms with Crippen LogP contribution in [0.15, 0.2) is 47.0 Å². The summed E-state index contributed by atoms with van der Waals surface area (Å²) in [5.74, 6) is -1.04. The number of carbonyl (C=O) groups is 2. The summed E-state index contributed by atoms with van der Waals surface area (Å²) in [7, 11) is 3.62. The Labute approximate surface area is 162 Å². The molecule has 2 aliphatic carbocycles. The van der Waals surface area contributed by atoms with Gasteiger partial charge in [0.05, 0.1) is 6.04 Å². The number of benzene rings is 1. The quantitative estimate of drug-likeness (QED) is 0.811. The fourth-order valence-electron chi connectivity index (χ4n) is 4.42. The molecule has 0 saturated carbocycles. The molecule has 0 aliphatic heterocycles. The SMILES string of the molecule is CN(C)[C@@H]1c2onc(OCc3ccccc3)c2C(=O)[C@@]2(O)C(=O)C=CC[C@@]12C. The molecule has 3 atom stereocenters. The first-order chi connectivity index (χ1) is 13.3. The van der Waals surface area contributed by atoms with E-state index < -0.39 is 28.6 Å². The predicted molar refractivity (Wildman–Crippen MR) is 99.9 cm³/mol. The molecule has 0 unspecified atom stereocenters. The van der Waals surface area contributed by atoms with Gasteiger partial charge in [0.2, 0.25) is 5.78 Å². The second-order valence-corrected chi connectivity index (χ2v) is 7.80. The molecule has 7 nitrogen and oxygen atoms in total. The Morgan fingerprint density at radius 1 is 1.29 bits per heavy atom. The van der Waals surface area contributed by atoms with E-state index in [0.29, 0.717) is 12.2 Å². The molecular weight excluding hydrogens is 360 g/mol. The number of aromatic nitrogens is 1. The third kappa shape index (κ3) is 2.40. The molecule has 0 saturated heterocycles. The number of rotatable bonds is 4. The molecule has 0 spiro atoms. The Morgan fingerprint density at radius 2 is 2.00 bits per heavy atom. The summed E-state index contributed by atoms with van der Waals surface area (Å²) in [4.78, 5) is 27.9. The van der Waals surface area contributed by atoms with Crippen LogP contribution in [0.1, 0.15) is 41.1 Å². The number of nitrogens with zero attached hydrogens (tertiary/aromatic N) is 2. The van der Waals surface area contributed by atoms with Gasteiger partial charge in [-0.25, -0.2) is 0 Å². The van der Waals surface area contributed by atoms with E-state index in [1.54, 1.807) is 13.0 Å². The van der Waals surface area contributed by atoms with Gasteiger partial charge in [0.1, 0.15) is 12.2 Å². The molecule has 7 heteroatoms. The molecule has 0 bridgehead atoms. The van der Waals surface area contributed by atoms with Crippen molar-refractivity contribution in [3.63, 3.8) is 0 Å². The standard InChI is InChI=1S/C21H22N2O5/c1-20-11-7-10-14(24)21(20,26)18(25)15-16(17(20)23(2)3)28-22-19(15)27-12-13-8-5-4-6-9-13/h4-10,17,26H,11-12H2,1-3H3/t17-,20+,21+/m1/s1. The zero-order valence-corrected chi connectivity index (χ0v) is 16.0. The van der Waals surface area contributed by atoms with E-state index in [9.17, 15) is 14.7 Å². The normalized spacial score (nSPS) is 29.0. The topological polar surface area (TPSA) is 92.9 Å². The van der Waals surface area contributed by atoms with Gasteiger partial charge in [-0.15, -0.1) is 0 Å². The van der Waals surface area contributed by atoms with Gasteiger partial charge < -0.3 is 14.4 Å². The van der Waals surface area contributed by atoms with Crippen LogP contribution >= 0.6 is 0 Å². The highest BCUT2D eigenvalue weighted by molar-refractivity contribution is 6.23. The molecule has 0 radical (unpaired) electrons. The lowest BCUT2D eigenvalue weighted by atomic mass is 9.55. The van der Waals surface area contributed by atoms with Gasteiger partial charge >= 0.3 is 0 Å². The van der Waals surface area contributed by atoms with Gasteiger partial charge in [-0.2, -0.15) is 0 Å². The van der Waals surface area contributed by atoms with Crippen LogP contribution < -0.4 is 4.74 Å². The van der Waals surface area contributed by atoms with Gasteiger partial charge in [-0.3, -0.25) is 14.5 Å². The lowest BCUT2D eigenvalue weighted by Gasteiger charge is -2.52. The second kappa shape index (κ2) is 6.39. The van der Waals surface area contributed by atoms with Crippen LogP contribution in [0.3, 0.4) is 0 Å². The third-order valence-corrected chi connectivity index (χ3v) is 5.82. The summed E-state index contributed by atoms with van der Waals surface area (Å²) >= 11 is 0. The number of ether oxygens (including phenoxy) is 1. The van der Waals surface area contributed by atoms with Crippen LogP contribution in [0.4, 0.5) is 0 Å². The van der Waals surface area contributed by atoms with E-state index in [0.717, 1.165) is 5.56 Å². The fourth-order valence-corrected chi connectivity index (χ4v) is 4.42. The van der Waals surface area contributed by atoms with Gasteiger partial charge in [0.25, 0.3) is 5.88 Å². The van der Waals surface area contributed by atoms with E-state index in [1.807, 2.05) is 49.3 Å². The molecule has 0 amide bonds. The Kier molecular flexibility index (Phi) is 4.24. The Hall–Kier alpha value is -2.77. The summed E-state index contributed by atoms with van der Waals surface area (Å²) in [6.07, 6.45) is 3.31. The first-order valence-corrected chi connectivity index (χ1v) is 9.11. The Bertz CT molecular complexity index is 964. The smallest absolute Gasteiger partial charge is 0.265 e. The largest absolute Gasteiger partial charge is 0.470 e. The molecule has 146 valence electrons. The van der Waals surface area contributed by atoms with E-state index in [-0.39, 0.29) is 18.1 Å². The van der Waals surface area contributed by atoms with Crippen molar-refractivity contribution in [2.45, 2.75) is 31.6 Å². The highest BCUT2D eigenvalue weighted by Crippen LogP contribution is 2.57. The number of allylic oxidation sites excluding steroid dienone is 1. The number of hydrogen-bond donors (Lipinski definition) is 1. The van der Waals surface area contributed by atoms with Crippen LogP contribution in [0.2, 0.25) is 0 Å². The number of aliphatic hydroxyl groups is 1. The molecule has 2 aliphatic rings. The number of fused-ring (bicyclic) bond motifs is 2. The molecule has 0 fully saturated rings. The number of Topliss-reactive ketones (excluding diaryl/α,β-unsaturated/α-hetero) is 1. The number of hydrogen-bond acceptors (Lipinski definition) is 7. The van der Waals surface area contributed by atoms with Crippen LogP contribution in [-0.4, -0.2) is 46.4 Å². The summed E-state index contributed by atoms with van der Waals surface area (Å²) in [6.45, 7) is 1.91. The van der Waals surface area contributed by atoms with Crippen molar-refractivity contribution in [1.29, 1.82) is 0 Å². The number of ketones is 2. The van der Waals surface area contributed by atoms with E-state index in [4.69, 9.17) is 9.26 Å².